The van der Waals surface area contributed by atoms with Gasteiger partial charge in [0.05, 0.1) is 7.11 Å². The third-order valence-corrected chi connectivity index (χ3v) is 2.12. The van der Waals surface area contributed by atoms with E-state index in [1.807, 2.05) is 6.92 Å². The Labute approximate surface area is 88.1 Å². The number of aromatic hydroxyl groups is 1. The molecule has 0 atom stereocenters. The quantitative estimate of drug-likeness (QED) is 0.798. The van der Waals surface area contributed by atoms with Crippen LogP contribution in [0.25, 0.3) is 0 Å². The van der Waals surface area contributed by atoms with Gasteiger partial charge in [0.2, 0.25) is 0 Å². The highest BCUT2D eigenvalue weighted by molar-refractivity contribution is 5.93. The van der Waals surface area contributed by atoms with Crippen molar-refractivity contribution in [1.29, 1.82) is 0 Å². The van der Waals surface area contributed by atoms with Crippen molar-refractivity contribution < 1.29 is 19.7 Å². The Bertz CT molecular complexity index is 371. The molecule has 4 nitrogen and oxygen atoms in total. The fraction of sp³-hybridized carbons (Fsp3) is 0.364. The molecule has 0 fully saturated rings. The number of carboxylic acid groups (broad SMARTS) is 1. The second-order valence-corrected chi connectivity index (χ2v) is 3.24. The van der Waals surface area contributed by atoms with Crippen molar-refractivity contribution in [2.75, 3.05) is 7.11 Å². The van der Waals surface area contributed by atoms with Gasteiger partial charge in [-0.1, -0.05) is 13.3 Å². The summed E-state index contributed by atoms with van der Waals surface area (Å²) in [6.45, 7) is 1.95. The summed E-state index contributed by atoms with van der Waals surface area (Å²) >= 11 is 0. The van der Waals surface area contributed by atoms with Gasteiger partial charge in [-0.25, -0.2) is 4.79 Å². The Morgan fingerprint density at radius 2 is 2.13 bits per heavy atom. The zero-order chi connectivity index (χ0) is 11.4. The van der Waals surface area contributed by atoms with E-state index in [0.29, 0.717) is 12.0 Å². The first-order chi connectivity index (χ1) is 7.10. The number of carboxylic acids is 1. The molecule has 0 bridgehead atoms. The van der Waals surface area contributed by atoms with Crippen molar-refractivity contribution in [2.24, 2.45) is 0 Å². The molecule has 2 N–H and O–H groups in total. The molecule has 0 heterocycles. The summed E-state index contributed by atoms with van der Waals surface area (Å²) in [5.74, 6) is -0.804. The van der Waals surface area contributed by atoms with Crippen molar-refractivity contribution in [2.45, 2.75) is 19.8 Å². The molecule has 15 heavy (non-hydrogen) atoms. The summed E-state index contributed by atoms with van der Waals surface area (Å²) in [4.78, 5) is 11.0. The number of ether oxygens (including phenoxy) is 1. The number of aromatic carboxylic acids is 1. The number of rotatable bonds is 4. The fourth-order valence-corrected chi connectivity index (χ4v) is 1.53. The minimum Gasteiger partial charge on any atom is -0.508 e. The van der Waals surface area contributed by atoms with Crippen molar-refractivity contribution in [3.05, 3.63) is 23.3 Å². The summed E-state index contributed by atoms with van der Waals surface area (Å²) in [6, 6.07) is 2.78. The second-order valence-electron chi connectivity index (χ2n) is 3.24. The molecule has 82 valence electrons. The summed E-state index contributed by atoms with van der Waals surface area (Å²) in [6.07, 6.45) is 1.42. The van der Waals surface area contributed by atoms with Crippen LogP contribution in [0.3, 0.4) is 0 Å². The fourth-order valence-electron chi connectivity index (χ4n) is 1.53. The Balaban J connectivity index is 3.33. The molecule has 1 rings (SSSR count). The van der Waals surface area contributed by atoms with Crippen LogP contribution in [0.1, 0.15) is 29.3 Å². The number of carbonyl (C=O) groups is 1. The third-order valence-electron chi connectivity index (χ3n) is 2.12. The summed E-state index contributed by atoms with van der Waals surface area (Å²) in [5, 5.41) is 18.4. The highest BCUT2D eigenvalue weighted by Gasteiger charge is 2.17. The van der Waals surface area contributed by atoms with Gasteiger partial charge in [-0.15, -0.1) is 0 Å². The molecule has 0 aliphatic heterocycles. The van der Waals surface area contributed by atoms with E-state index in [1.54, 1.807) is 0 Å². The molecular weight excluding hydrogens is 196 g/mol. The largest absolute Gasteiger partial charge is 0.508 e. The van der Waals surface area contributed by atoms with Gasteiger partial charge in [0.15, 0.2) is 0 Å². The van der Waals surface area contributed by atoms with Crippen molar-refractivity contribution in [3.8, 4) is 11.5 Å². The van der Waals surface area contributed by atoms with Crippen LogP contribution in [-0.2, 0) is 6.42 Å². The topological polar surface area (TPSA) is 66.8 Å². The highest BCUT2D eigenvalue weighted by atomic mass is 16.5. The Morgan fingerprint density at radius 3 is 2.60 bits per heavy atom. The smallest absolute Gasteiger partial charge is 0.339 e. The van der Waals surface area contributed by atoms with Gasteiger partial charge in [0.25, 0.3) is 0 Å². The average molecular weight is 210 g/mol. The van der Waals surface area contributed by atoms with Gasteiger partial charge in [-0.2, -0.15) is 0 Å². The SMILES string of the molecule is CCCc1cc(O)cc(OC)c1C(=O)O. The first kappa shape index (κ1) is 11.4. The zero-order valence-electron chi connectivity index (χ0n) is 8.78. The maximum atomic E-state index is 11.0. The van der Waals surface area contributed by atoms with E-state index in [-0.39, 0.29) is 17.1 Å². The summed E-state index contributed by atoms with van der Waals surface area (Å²) < 4.78 is 4.93. The second kappa shape index (κ2) is 4.68. The van der Waals surface area contributed by atoms with E-state index in [0.717, 1.165) is 6.42 Å². The Morgan fingerprint density at radius 1 is 1.47 bits per heavy atom. The lowest BCUT2D eigenvalue weighted by molar-refractivity contribution is 0.0692. The molecule has 0 amide bonds. The van der Waals surface area contributed by atoms with Crippen LogP contribution in [0.4, 0.5) is 0 Å². The normalized spacial score (nSPS) is 10.0. The molecule has 1 aromatic carbocycles. The van der Waals surface area contributed by atoms with Crippen LogP contribution in [-0.4, -0.2) is 23.3 Å². The number of benzene rings is 1. The van der Waals surface area contributed by atoms with Crippen LogP contribution in [0.15, 0.2) is 12.1 Å². The lowest BCUT2D eigenvalue weighted by atomic mass is 10.0. The Hall–Kier alpha value is -1.71. The van der Waals surface area contributed by atoms with E-state index in [2.05, 4.69) is 0 Å². The highest BCUT2D eigenvalue weighted by Crippen LogP contribution is 2.28. The lowest BCUT2D eigenvalue weighted by Crippen LogP contribution is -2.05. The van der Waals surface area contributed by atoms with Crippen LogP contribution in [0.2, 0.25) is 0 Å². The van der Waals surface area contributed by atoms with Crippen LogP contribution < -0.4 is 4.74 Å². The van der Waals surface area contributed by atoms with Gasteiger partial charge in [0, 0.05) is 6.07 Å². The molecular formula is C11H14O4. The first-order valence-corrected chi connectivity index (χ1v) is 4.73. The maximum absolute atomic E-state index is 11.0. The van der Waals surface area contributed by atoms with Crippen LogP contribution in [0.5, 0.6) is 11.5 Å². The molecule has 4 heteroatoms. The molecule has 0 spiro atoms. The van der Waals surface area contributed by atoms with Crippen molar-refractivity contribution in [1.82, 2.24) is 0 Å². The van der Waals surface area contributed by atoms with Crippen molar-refractivity contribution >= 4 is 5.97 Å². The molecule has 0 aliphatic carbocycles. The van der Waals surface area contributed by atoms with Gasteiger partial charge in [0.1, 0.15) is 17.1 Å². The first-order valence-electron chi connectivity index (χ1n) is 4.73. The van der Waals surface area contributed by atoms with Crippen LogP contribution >= 0.6 is 0 Å². The molecule has 0 radical (unpaired) electrons. The molecule has 0 aliphatic rings. The number of phenolic OH excluding ortho intramolecular Hbond substituents is 1. The third kappa shape index (κ3) is 2.40. The molecule has 0 saturated heterocycles. The minimum atomic E-state index is -1.03. The summed E-state index contributed by atoms with van der Waals surface area (Å²) in [5.41, 5.74) is 0.735. The Kier molecular flexibility index (Phi) is 3.55. The van der Waals surface area contributed by atoms with E-state index in [1.165, 1.54) is 19.2 Å². The standard InChI is InChI=1S/C11H14O4/c1-3-4-7-5-8(12)6-9(15-2)10(7)11(13)14/h5-6,12H,3-4H2,1-2H3,(H,13,14). The lowest BCUT2D eigenvalue weighted by Gasteiger charge is -2.10. The monoisotopic (exact) mass is 210 g/mol. The number of phenols is 1. The van der Waals surface area contributed by atoms with E-state index in [9.17, 15) is 9.90 Å². The number of hydrogen-bond acceptors (Lipinski definition) is 3. The molecule has 0 saturated carbocycles. The molecule has 1 aromatic rings. The predicted molar refractivity (Wildman–Crippen MR) is 55.6 cm³/mol. The number of methoxy groups -OCH3 is 1. The number of hydrogen-bond donors (Lipinski definition) is 2. The van der Waals surface area contributed by atoms with Gasteiger partial charge in [-0.3, -0.25) is 0 Å². The van der Waals surface area contributed by atoms with E-state index in [4.69, 9.17) is 9.84 Å². The maximum Gasteiger partial charge on any atom is 0.339 e. The average Bonchev–Trinajstić information content (AvgIpc) is 2.16. The van der Waals surface area contributed by atoms with Crippen molar-refractivity contribution in [3.63, 3.8) is 0 Å². The van der Waals surface area contributed by atoms with Gasteiger partial charge in [-0.05, 0) is 18.1 Å². The van der Waals surface area contributed by atoms with Crippen LogP contribution in [0, 0.1) is 0 Å². The summed E-state index contributed by atoms with van der Waals surface area (Å²) in [7, 11) is 1.39. The van der Waals surface area contributed by atoms with E-state index < -0.39 is 5.97 Å². The minimum absolute atomic E-state index is 0.0281. The zero-order valence-corrected chi connectivity index (χ0v) is 8.78. The van der Waals surface area contributed by atoms with Gasteiger partial charge < -0.3 is 14.9 Å². The van der Waals surface area contributed by atoms with Gasteiger partial charge >= 0.3 is 5.97 Å². The number of aryl methyl sites for hydroxylation is 1. The predicted octanol–water partition coefficient (Wildman–Crippen LogP) is 2.05. The molecule has 0 unspecified atom stereocenters. The van der Waals surface area contributed by atoms with E-state index >= 15 is 0 Å². The molecule has 0 aromatic heterocycles.